The molecule has 1 heterocycles. The highest BCUT2D eigenvalue weighted by Crippen LogP contribution is 2.20. The second-order valence-electron chi connectivity index (χ2n) is 3.99. The Kier molecular flexibility index (Phi) is 2.61. The molecule has 0 saturated carbocycles. The van der Waals surface area contributed by atoms with Gasteiger partial charge in [0.1, 0.15) is 6.29 Å². The molecule has 0 atom stereocenters. The van der Waals surface area contributed by atoms with Crippen molar-refractivity contribution in [2.45, 2.75) is 0 Å². The summed E-state index contributed by atoms with van der Waals surface area (Å²) in [6.45, 7) is 0. The lowest BCUT2D eigenvalue weighted by Gasteiger charge is -2.00. The molecule has 4 heteroatoms. The van der Waals surface area contributed by atoms with E-state index in [-0.39, 0.29) is 0 Å². The molecule has 0 spiro atoms. The summed E-state index contributed by atoms with van der Waals surface area (Å²) in [5.41, 5.74) is 2.45. The molecule has 0 saturated heterocycles. The van der Waals surface area contributed by atoms with Gasteiger partial charge in [0, 0.05) is 22.2 Å². The van der Waals surface area contributed by atoms with Crippen LogP contribution in [-0.4, -0.2) is 16.1 Å². The van der Waals surface area contributed by atoms with Gasteiger partial charge in [0.15, 0.2) is 0 Å². The second-order valence-corrected chi connectivity index (χ2v) is 4.42. The predicted molar refractivity (Wildman–Crippen MR) is 71.5 cm³/mol. The topological polar surface area (TPSA) is 34.9 Å². The third-order valence-electron chi connectivity index (χ3n) is 2.76. The molecule has 3 aromatic rings. The highest BCUT2D eigenvalue weighted by molar-refractivity contribution is 6.31. The van der Waals surface area contributed by atoms with Gasteiger partial charge in [0.25, 0.3) is 0 Å². The first-order valence-corrected chi connectivity index (χ1v) is 5.84. The first kappa shape index (κ1) is 11.0. The molecule has 0 radical (unpaired) electrons. The molecule has 2 aromatic carbocycles. The number of carbonyl (C=O) groups excluding carboxylic acids is 1. The zero-order chi connectivity index (χ0) is 12.5. The van der Waals surface area contributed by atoms with Crippen LogP contribution in [-0.2, 0) is 0 Å². The fourth-order valence-electron chi connectivity index (χ4n) is 1.83. The summed E-state index contributed by atoms with van der Waals surface area (Å²) in [4.78, 5) is 10.6. The fourth-order valence-corrected chi connectivity index (χ4v) is 2.01. The standard InChI is InChI=1S/C14H9ClN2O/c15-12-3-6-14-11(7-12)8-17(16-14)13-4-1-10(9-18)2-5-13/h1-9H. The van der Waals surface area contributed by atoms with Crippen molar-refractivity contribution >= 4 is 28.8 Å². The molecule has 0 unspecified atom stereocenters. The van der Waals surface area contributed by atoms with Gasteiger partial charge in [0.05, 0.1) is 11.2 Å². The van der Waals surface area contributed by atoms with E-state index in [0.29, 0.717) is 10.6 Å². The van der Waals surface area contributed by atoms with E-state index in [0.717, 1.165) is 22.9 Å². The van der Waals surface area contributed by atoms with Gasteiger partial charge in [-0.3, -0.25) is 4.79 Å². The number of aromatic nitrogens is 2. The largest absolute Gasteiger partial charge is 0.298 e. The molecule has 0 bridgehead atoms. The molecule has 0 aliphatic carbocycles. The van der Waals surface area contributed by atoms with Crippen molar-refractivity contribution in [3.63, 3.8) is 0 Å². The molecule has 0 N–H and O–H groups in total. The summed E-state index contributed by atoms with van der Waals surface area (Å²) in [7, 11) is 0. The summed E-state index contributed by atoms with van der Waals surface area (Å²) in [5.74, 6) is 0. The van der Waals surface area contributed by atoms with Crippen LogP contribution < -0.4 is 0 Å². The normalized spacial score (nSPS) is 10.7. The number of hydrogen-bond acceptors (Lipinski definition) is 2. The summed E-state index contributed by atoms with van der Waals surface area (Å²) in [6.07, 6.45) is 2.74. The van der Waals surface area contributed by atoms with Crippen LogP contribution in [0.25, 0.3) is 16.6 Å². The Morgan fingerprint density at radius 3 is 2.61 bits per heavy atom. The molecule has 0 amide bonds. The van der Waals surface area contributed by atoms with E-state index in [2.05, 4.69) is 5.10 Å². The smallest absolute Gasteiger partial charge is 0.150 e. The van der Waals surface area contributed by atoms with Crippen LogP contribution in [0, 0.1) is 0 Å². The van der Waals surface area contributed by atoms with E-state index in [1.54, 1.807) is 16.8 Å². The minimum absolute atomic E-state index is 0.651. The Labute approximate surface area is 109 Å². The zero-order valence-electron chi connectivity index (χ0n) is 9.38. The number of hydrogen-bond donors (Lipinski definition) is 0. The van der Waals surface area contributed by atoms with Crippen molar-refractivity contribution in [2.24, 2.45) is 0 Å². The van der Waals surface area contributed by atoms with Crippen LogP contribution in [0.5, 0.6) is 0 Å². The zero-order valence-corrected chi connectivity index (χ0v) is 10.1. The Morgan fingerprint density at radius 1 is 1.11 bits per heavy atom. The molecule has 0 aliphatic rings. The molecule has 88 valence electrons. The van der Waals surface area contributed by atoms with Crippen molar-refractivity contribution < 1.29 is 4.79 Å². The van der Waals surface area contributed by atoms with Crippen LogP contribution in [0.1, 0.15) is 10.4 Å². The maximum absolute atomic E-state index is 10.6. The van der Waals surface area contributed by atoms with E-state index >= 15 is 0 Å². The van der Waals surface area contributed by atoms with Crippen LogP contribution in [0.15, 0.2) is 48.7 Å². The van der Waals surface area contributed by atoms with Gasteiger partial charge in [-0.05, 0) is 42.5 Å². The lowest BCUT2D eigenvalue weighted by atomic mass is 10.2. The van der Waals surface area contributed by atoms with Gasteiger partial charge < -0.3 is 0 Å². The predicted octanol–water partition coefficient (Wildman–Crippen LogP) is 3.49. The maximum atomic E-state index is 10.6. The van der Waals surface area contributed by atoms with Crippen LogP contribution in [0.3, 0.4) is 0 Å². The quantitative estimate of drug-likeness (QED) is 0.658. The number of halogens is 1. The second kappa shape index (κ2) is 4.27. The monoisotopic (exact) mass is 256 g/mol. The fraction of sp³-hybridized carbons (Fsp3) is 0. The summed E-state index contributed by atoms with van der Waals surface area (Å²) < 4.78 is 1.77. The third-order valence-corrected chi connectivity index (χ3v) is 3.00. The van der Waals surface area contributed by atoms with Gasteiger partial charge in [-0.25, -0.2) is 4.68 Å². The van der Waals surface area contributed by atoms with Crippen molar-refractivity contribution in [3.05, 3.63) is 59.2 Å². The molecule has 18 heavy (non-hydrogen) atoms. The van der Waals surface area contributed by atoms with Gasteiger partial charge in [-0.15, -0.1) is 0 Å². The van der Waals surface area contributed by atoms with E-state index in [9.17, 15) is 4.79 Å². The first-order valence-electron chi connectivity index (χ1n) is 5.47. The van der Waals surface area contributed by atoms with E-state index in [1.165, 1.54) is 0 Å². The summed E-state index contributed by atoms with van der Waals surface area (Å²) in [5, 5.41) is 6.13. The van der Waals surface area contributed by atoms with Crippen molar-refractivity contribution in [3.8, 4) is 5.69 Å². The molecule has 3 rings (SSSR count). The number of fused-ring (bicyclic) bond motifs is 1. The van der Waals surface area contributed by atoms with Crippen LogP contribution in [0.4, 0.5) is 0 Å². The Morgan fingerprint density at radius 2 is 1.89 bits per heavy atom. The molecular formula is C14H9ClN2O. The SMILES string of the molecule is O=Cc1ccc(-n2cc3cc(Cl)ccc3n2)cc1. The molecule has 0 aliphatic heterocycles. The highest BCUT2D eigenvalue weighted by Gasteiger charge is 2.03. The van der Waals surface area contributed by atoms with Gasteiger partial charge >= 0.3 is 0 Å². The lowest BCUT2D eigenvalue weighted by Crippen LogP contribution is -1.94. The Balaban J connectivity index is 2.10. The Bertz CT molecular complexity index is 716. The van der Waals surface area contributed by atoms with E-state index in [1.807, 2.05) is 36.5 Å². The number of nitrogens with zero attached hydrogens (tertiary/aromatic N) is 2. The molecular weight excluding hydrogens is 248 g/mol. The Hall–Kier alpha value is -2.13. The average molecular weight is 257 g/mol. The minimum Gasteiger partial charge on any atom is -0.298 e. The van der Waals surface area contributed by atoms with E-state index < -0.39 is 0 Å². The minimum atomic E-state index is 0.651. The molecule has 0 fully saturated rings. The van der Waals surface area contributed by atoms with Crippen LogP contribution in [0.2, 0.25) is 5.02 Å². The number of rotatable bonds is 2. The first-order chi connectivity index (χ1) is 8.76. The van der Waals surface area contributed by atoms with Gasteiger partial charge in [-0.1, -0.05) is 11.6 Å². The highest BCUT2D eigenvalue weighted by atomic mass is 35.5. The molecule has 3 nitrogen and oxygen atoms in total. The van der Waals surface area contributed by atoms with Crippen molar-refractivity contribution in [2.75, 3.05) is 0 Å². The molecule has 1 aromatic heterocycles. The number of aldehydes is 1. The van der Waals surface area contributed by atoms with Crippen molar-refractivity contribution in [1.82, 2.24) is 9.78 Å². The third kappa shape index (κ3) is 1.89. The van der Waals surface area contributed by atoms with Crippen LogP contribution >= 0.6 is 11.6 Å². The van der Waals surface area contributed by atoms with Gasteiger partial charge in [0.2, 0.25) is 0 Å². The van der Waals surface area contributed by atoms with Gasteiger partial charge in [-0.2, -0.15) is 5.10 Å². The van der Waals surface area contributed by atoms with Crippen molar-refractivity contribution in [1.29, 1.82) is 0 Å². The van der Waals surface area contributed by atoms with E-state index in [4.69, 9.17) is 11.6 Å². The summed E-state index contributed by atoms with van der Waals surface area (Å²) in [6, 6.07) is 12.8. The number of carbonyl (C=O) groups is 1. The lowest BCUT2D eigenvalue weighted by molar-refractivity contribution is 0.112. The number of benzene rings is 2. The summed E-state index contributed by atoms with van der Waals surface area (Å²) >= 11 is 5.94. The average Bonchev–Trinajstić information content (AvgIpc) is 2.81. The maximum Gasteiger partial charge on any atom is 0.150 e.